The number of hydrogen-bond acceptors (Lipinski definition) is 6. The first-order chi connectivity index (χ1) is 17.7. The maximum Gasteiger partial charge on any atom is 0.227 e. The van der Waals surface area contributed by atoms with Crippen LogP contribution in [0.2, 0.25) is 0 Å². The summed E-state index contributed by atoms with van der Waals surface area (Å²) < 4.78 is 0. The molecule has 7 rings (SSSR count). The number of amides is 1. The van der Waals surface area contributed by atoms with Gasteiger partial charge in [-0.25, -0.2) is 9.97 Å². The van der Waals surface area contributed by atoms with Gasteiger partial charge in [0.15, 0.2) is 11.5 Å². The quantitative estimate of drug-likeness (QED) is 0.325. The summed E-state index contributed by atoms with van der Waals surface area (Å²) in [5.41, 5.74) is 7.32. The molecule has 6 aromatic rings. The Bertz CT molecular complexity index is 1750. The maximum atomic E-state index is 12.2. The van der Waals surface area contributed by atoms with Crippen LogP contribution in [0.5, 0.6) is 0 Å². The van der Waals surface area contributed by atoms with E-state index in [-0.39, 0.29) is 11.8 Å². The van der Waals surface area contributed by atoms with Crippen LogP contribution in [0.4, 0.5) is 5.69 Å². The van der Waals surface area contributed by atoms with Crippen LogP contribution in [0.15, 0.2) is 73.3 Å². The van der Waals surface area contributed by atoms with E-state index in [9.17, 15) is 4.79 Å². The number of nitrogens with one attached hydrogen (secondary N) is 3. The molecule has 0 unspecified atom stereocenters. The molecule has 0 radical (unpaired) electrons. The smallest absolute Gasteiger partial charge is 0.227 e. The molecule has 1 saturated carbocycles. The van der Waals surface area contributed by atoms with Crippen LogP contribution < -0.4 is 5.32 Å². The van der Waals surface area contributed by atoms with Crippen LogP contribution in [-0.2, 0) is 4.79 Å². The molecule has 9 heteroatoms. The fourth-order valence-corrected chi connectivity index (χ4v) is 4.39. The summed E-state index contributed by atoms with van der Waals surface area (Å²) in [6, 6.07) is 15.7. The predicted octanol–water partition coefficient (Wildman–Crippen LogP) is 4.97. The second-order valence-electron chi connectivity index (χ2n) is 8.92. The molecule has 0 aliphatic heterocycles. The van der Waals surface area contributed by atoms with Gasteiger partial charge in [-0.2, -0.15) is 5.10 Å². The molecule has 1 aliphatic rings. The Morgan fingerprint density at radius 3 is 2.78 bits per heavy atom. The van der Waals surface area contributed by atoms with Crippen molar-refractivity contribution in [1.82, 2.24) is 35.1 Å². The van der Waals surface area contributed by atoms with Gasteiger partial charge >= 0.3 is 0 Å². The van der Waals surface area contributed by atoms with Crippen molar-refractivity contribution in [2.24, 2.45) is 5.92 Å². The van der Waals surface area contributed by atoms with Gasteiger partial charge in [0.05, 0.1) is 28.6 Å². The first-order valence-electron chi connectivity index (χ1n) is 11.7. The van der Waals surface area contributed by atoms with Gasteiger partial charge in [0.25, 0.3) is 0 Å². The summed E-state index contributed by atoms with van der Waals surface area (Å²) in [5, 5.41) is 11.5. The predicted molar refractivity (Wildman–Crippen MR) is 137 cm³/mol. The molecule has 36 heavy (non-hydrogen) atoms. The SMILES string of the molecule is O=C(Nc1cncc(-c2ccc3[nH]nc(-c4nc5nccc(-c6ccccn6)c5[nH]4)c3c2)c1)C1CC1. The third-order valence-corrected chi connectivity index (χ3v) is 6.41. The van der Waals surface area contributed by atoms with E-state index in [1.165, 1.54) is 0 Å². The van der Waals surface area contributed by atoms with E-state index >= 15 is 0 Å². The Morgan fingerprint density at radius 2 is 1.92 bits per heavy atom. The fourth-order valence-electron chi connectivity index (χ4n) is 4.39. The number of benzene rings is 1. The normalized spacial score (nSPS) is 13.3. The second kappa shape index (κ2) is 8.09. The summed E-state index contributed by atoms with van der Waals surface area (Å²) in [6.07, 6.45) is 8.88. The van der Waals surface area contributed by atoms with Gasteiger partial charge in [-0.15, -0.1) is 0 Å². The highest BCUT2D eigenvalue weighted by Crippen LogP contribution is 2.33. The Kier molecular flexibility index (Phi) is 4.60. The number of H-pyrrole nitrogens is 2. The van der Waals surface area contributed by atoms with Crippen molar-refractivity contribution in [1.29, 1.82) is 0 Å². The van der Waals surface area contributed by atoms with E-state index in [1.807, 2.05) is 42.5 Å². The van der Waals surface area contributed by atoms with Crippen LogP contribution in [0.3, 0.4) is 0 Å². The average molecular weight is 473 g/mol. The van der Waals surface area contributed by atoms with Gasteiger partial charge in [-0.05, 0) is 54.8 Å². The number of imidazole rings is 1. The molecule has 5 aromatic heterocycles. The summed E-state index contributed by atoms with van der Waals surface area (Å²) in [4.78, 5) is 33.6. The molecule has 174 valence electrons. The Morgan fingerprint density at radius 1 is 0.972 bits per heavy atom. The number of anilines is 1. The van der Waals surface area contributed by atoms with E-state index in [4.69, 9.17) is 4.98 Å². The number of pyridine rings is 3. The van der Waals surface area contributed by atoms with E-state index < -0.39 is 0 Å². The lowest BCUT2D eigenvalue weighted by molar-refractivity contribution is -0.117. The van der Waals surface area contributed by atoms with Crippen molar-refractivity contribution >= 4 is 33.7 Å². The second-order valence-corrected chi connectivity index (χ2v) is 8.92. The number of fused-ring (bicyclic) bond motifs is 2. The highest BCUT2D eigenvalue weighted by atomic mass is 16.2. The van der Waals surface area contributed by atoms with Gasteiger partial charge < -0.3 is 10.3 Å². The standard InChI is InChI=1S/C27H20N8O/c36-27(15-4-5-15)31-18-11-17(13-28-14-18)16-6-7-22-20(12-16)24(35-34-22)26-32-23-19(8-10-30-25(23)33-26)21-3-1-2-9-29-21/h1-3,6-15H,4-5H2,(H,31,36)(H,34,35)(H,30,32,33). The van der Waals surface area contributed by atoms with Crippen molar-refractivity contribution in [2.75, 3.05) is 5.32 Å². The third kappa shape index (κ3) is 3.58. The molecular weight excluding hydrogens is 452 g/mol. The van der Waals surface area contributed by atoms with Gasteiger partial charge in [0.2, 0.25) is 5.91 Å². The Labute approximate surface area is 205 Å². The Hall–Kier alpha value is -4.92. The van der Waals surface area contributed by atoms with Crippen molar-refractivity contribution in [3.8, 4) is 33.9 Å². The number of aromatic nitrogens is 7. The highest BCUT2D eigenvalue weighted by Gasteiger charge is 2.29. The maximum absolute atomic E-state index is 12.2. The van der Waals surface area contributed by atoms with Gasteiger partial charge in [-0.1, -0.05) is 12.1 Å². The van der Waals surface area contributed by atoms with Crippen LogP contribution in [0, 0.1) is 5.92 Å². The zero-order valence-electron chi connectivity index (χ0n) is 19.1. The monoisotopic (exact) mass is 472 g/mol. The number of carbonyl (C=O) groups excluding carboxylic acids is 1. The summed E-state index contributed by atoms with van der Waals surface area (Å²) >= 11 is 0. The molecule has 1 aliphatic carbocycles. The minimum atomic E-state index is 0.0603. The zero-order valence-corrected chi connectivity index (χ0v) is 19.1. The van der Waals surface area contributed by atoms with E-state index in [1.54, 1.807) is 24.8 Å². The molecule has 0 bridgehead atoms. The number of carbonyl (C=O) groups is 1. The topological polar surface area (TPSA) is 125 Å². The fraction of sp³-hybridized carbons (Fsp3) is 0.111. The highest BCUT2D eigenvalue weighted by molar-refractivity contribution is 5.98. The van der Waals surface area contributed by atoms with Crippen LogP contribution in [0.1, 0.15) is 12.8 Å². The molecule has 9 nitrogen and oxygen atoms in total. The van der Waals surface area contributed by atoms with Crippen LogP contribution in [0.25, 0.3) is 56.0 Å². The van der Waals surface area contributed by atoms with Crippen molar-refractivity contribution in [3.05, 3.63) is 73.3 Å². The minimum Gasteiger partial charge on any atom is -0.335 e. The average Bonchev–Trinajstić information content (AvgIpc) is 3.55. The number of rotatable bonds is 5. The molecule has 3 N–H and O–H groups in total. The molecule has 1 aromatic carbocycles. The Balaban J connectivity index is 1.28. The summed E-state index contributed by atoms with van der Waals surface area (Å²) in [6.45, 7) is 0. The largest absolute Gasteiger partial charge is 0.335 e. The molecule has 1 fully saturated rings. The minimum absolute atomic E-state index is 0.0603. The number of aromatic amines is 2. The zero-order chi connectivity index (χ0) is 24.1. The van der Waals surface area contributed by atoms with Crippen molar-refractivity contribution in [3.63, 3.8) is 0 Å². The van der Waals surface area contributed by atoms with Gasteiger partial charge in [-0.3, -0.25) is 19.9 Å². The lowest BCUT2D eigenvalue weighted by Crippen LogP contribution is -2.13. The van der Waals surface area contributed by atoms with Crippen molar-refractivity contribution < 1.29 is 4.79 Å². The molecule has 0 spiro atoms. The molecule has 0 atom stereocenters. The summed E-state index contributed by atoms with van der Waals surface area (Å²) in [7, 11) is 0. The molecule has 1 amide bonds. The first-order valence-corrected chi connectivity index (χ1v) is 11.7. The lowest BCUT2D eigenvalue weighted by atomic mass is 10.0. The molecule has 5 heterocycles. The van der Waals surface area contributed by atoms with Gasteiger partial charge in [0.1, 0.15) is 5.69 Å². The number of hydrogen-bond donors (Lipinski definition) is 3. The molecule has 0 saturated heterocycles. The third-order valence-electron chi connectivity index (χ3n) is 6.41. The van der Waals surface area contributed by atoms with Crippen LogP contribution >= 0.6 is 0 Å². The van der Waals surface area contributed by atoms with E-state index in [0.717, 1.165) is 51.6 Å². The number of nitrogens with zero attached hydrogens (tertiary/aromatic N) is 5. The lowest BCUT2D eigenvalue weighted by Gasteiger charge is -2.07. The van der Waals surface area contributed by atoms with E-state index in [0.29, 0.717) is 22.9 Å². The van der Waals surface area contributed by atoms with Gasteiger partial charge in [0, 0.05) is 41.0 Å². The van der Waals surface area contributed by atoms with Crippen LogP contribution in [-0.4, -0.2) is 41.0 Å². The molecular formula is C27H20N8O. The first kappa shape index (κ1) is 20.5. The summed E-state index contributed by atoms with van der Waals surface area (Å²) in [5.74, 6) is 0.813. The van der Waals surface area contributed by atoms with E-state index in [2.05, 4.69) is 41.5 Å². The van der Waals surface area contributed by atoms with Crippen molar-refractivity contribution in [2.45, 2.75) is 12.8 Å².